The van der Waals surface area contributed by atoms with Crippen LogP contribution in [-0.4, -0.2) is 70.8 Å². The van der Waals surface area contributed by atoms with Crippen molar-refractivity contribution in [3.63, 3.8) is 0 Å². The van der Waals surface area contributed by atoms with Crippen molar-refractivity contribution in [3.05, 3.63) is 60.7 Å². The van der Waals surface area contributed by atoms with Gasteiger partial charge in [0.25, 0.3) is 0 Å². The molecule has 0 N–H and O–H groups in total. The van der Waals surface area contributed by atoms with E-state index in [1.54, 1.807) is 0 Å². The third-order valence-corrected chi connectivity index (χ3v) is 6.35. The first-order chi connectivity index (χ1) is 14.5. The fraction of sp³-hybridized carbons (Fsp3) is 0.364. The van der Waals surface area contributed by atoms with Crippen LogP contribution in [0.25, 0.3) is 0 Å². The zero-order chi connectivity index (χ0) is 21.3. The smallest absolute Gasteiger partial charge is 0.411 e. The van der Waals surface area contributed by atoms with Crippen molar-refractivity contribution in [2.45, 2.75) is 0 Å². The topological polar surface area (TPSA) is 13.0 Å². The Hall–Kier alpha value is -1.12. The Bertz CT molecular complexity index is 739. The van der Waals surface area contributed by atoms with E-state index in [0.717, 1.165) is 52.4 Å². The van der Waals surface area contributed by atoms with E-state index in [1.807, 2.05) is 12.1 Å². The van der Waals surface area contributed by atoms with E-state index in [9.17, 15) is 0 Å². The van der Waals surface area contributed by atoms with E-state index in [-0.39, 0.29) is 19.5 Å². The molecular weight excluding hydrogens is 514 g/mol. The van der Waals surface area contributed by atoms with Crippen LogP contribution < -0.4 is 9.80 Å². The minimum absolute atomic E-state index is 0. The van der Waals surface area contributed by atoms with Crippen molar-refractivity contribution in [1.29, 1.82) is 0 Å². The average Bonchev–Trinajstić information content (AvgIpc) is 2.81. The van der Waals surface area contributed by atoms with Crippen LogP contribution in [0.4, 0.5) is 11.4 Å². The Morgan fingerprint density at radius 3 is 1.10 bits per heavy atom. The molecule has 0 radical (unpaired) electrons. The molecule has 2 aliphatic rings. The molecule has 0 unspecified atom stereocenters. The maximum atomic E-state index is 4.99. The monoisotopic (exact) mass is 538 g/mol. The van der Waals surface area contributed by atoms with Crippen LogP contribution in [0.1, 0.15) is 0 Å². The van der Waals surface area contributed by atoms with Crippen LogP contribution in [0.15, 0.2) is 60.7 Å². The van der Waals surface area contributed by atoms with Gasteiger partial charge in [-0.25, -0.2) is 0 Å². The zero-order valence-corrected chi connectivity index (χ0v) is 23.8. The Balaban J connectivity index is 0.000000213. The number of thiocarbonyl (C=S) groups is 2. The van der Waals surface area contributed by atoms with E-state index in [2.05, 4.69) is 68.1 Å². The van der Waals surface area contributed by atoms with Gasteiger partial charge in [0.05, 0.1) is 0 Å². The molecule has 4 nitrogen and oxygen atoms in total. The first-order valence-corrected chi connectivity index (χ1v) is 11.7. The summed E-state index contributed by atoms with van der Waals surface area (Å²) in [4.78, 5) is 8.91. The van der Waals surface area contributed by atoms with Gasteiger partial charge in [0.15, 0.2) is 0 Å². The second-order valence-corrected chi connectivity index (χ2v) is 9.21. The summed E-state index contributed by atoms with van der Waals surface area (Å²) in [5.74, 6) is 0. The second kappa shape index (κ2) is 13.4. The van der Waals surface area contributed by atoms with E-state index >= 15 is 0 Å². The molecule has 2 fully saturated rings. The van der Waals surface area contributed by atoms with Crippen LogP contribution in [-0.2, 0) is 44.7 Å². The van der Waals surface area contributed by atoms with Crippen LogP contribution >= 0.6 is 24.4 Å². The quantitative estimate of drug-likeness (QED) is 0.323. The molecule has 0 atom stereocenters. The summed E-state index contributed by atoms with van der Waals surface area (Å²) >= 11 is 20.0. The normalized spacial score (nSPS) is 16.0. The molecule has 9 heteroatoms. The summed E-state index contributed by atoms with van der Waals surface area (Å²) in [6, 6.07) is 20.9. The maximum absolute atomic E-state index is 4.99. The van der Waals surface area contributed by atoms with Gasteiger partial charge in [0.2, 0.25) is 0 Å². The zero-order valence-electron chi connectivity index (χ0n) is 17.6. The van der Waals surface area contributed by atoms with Gasteiger partial charge in [-0.15, -0.1) is 0 Å². The number of benzene rings is 2. The minimum atomic E-state index is 0. The van der Waals surface area contributed by atoms with Crippen molar-refractivity contribution in [2.24, 2.45) is 0 Å². The van der Waals surface area contributed by atoms with Gasteiger partial charge < -0.3 is 69.3 Å². The van der Waals surface area contributed by atoms with Gasteiger partial charge in [-0.05, 0) is 24.3 Å². The largest absolute Gasteiger partial charge is 2.00 e. The van der Waals surface area contributed by atoms with E-state index in [4.69, 9.17) is 49.7 Å². The Labute approximate surface area is 220 Å². The first kappa shape index (κ1) is 26.1. The molecule has 4 rings (SSSR count). The fourth-order valence-electron chi connectivity index (χ4n) is 3.57. The molecule has 2 aliphatic heterocycles. The Morgan fingerprint density at radius 1 is 0.548 bits per heavy atom. The molecule has 2 heterocycles. The molecule has 2 saturated heterocycles. The summed E-state index contributed by atoms with van der Waals surface area (Å²) in [7, 11) is 0. The number of hydrogen-bond donors (Lipinski definition) is 0. The number of anilines is 2. The third kappa shape index (κ3) is 8.06. The number of rotatable bonds is 2. The molecule has 0 saturated carbocycles. The van der Waals surface area contributed by atoms with Crippen LogP contribution in [0.2, 0.25) is 0 Å². The van der Waals surface area contributed by atoms with Crippen molar-refractivity contribution in [1.82, 2.24) is 9.80 Å². The summed E-state index contributed by atoms with van der Waals surface area (Å²) in [5.41, 5.74) is 2.57. The number of piperazine rings is 2. The summed E-state index contributed by atoms with van der Waals surface area (Å²) in [6.45, 7) is 7.77. The number of para-hydroxylation sites is 2. The van der Waals surface area contributed by atoms with Crippen LogP contribution in [0, 0.1) is 0 Å². The van der Waals surface area contributed by atoms with E-state index in [0.29, 0.717) is 8.64 Å². The van der Waals surface area contributed by atoms with Gasteiger partial charge >= 0.3 is 19.5 Å². The molecule has 31 heavy (non-hydrogen) atoms. The Morgan fingerprint density at radius 2 is 0.839 bits per heavy atom. The van der Waals surface area contributed by atoms with Gasteiger partial charge in [-0.1, -0.05) is 45.0 Å². The molecule has 0 aliphatic carbocycles. The standard InChI is InChI=1S/2C11H14N2S2.Zn/c2*14-11(15)13-8-6-12(7-9-13)10-4-2-1-3-5-10;/h2*1-5H,6-9H2,(H,14,15);/q;;+2/p-2. The molecule has 2 aromatic carbocycles. The van der Waals surface area contributed by atoms with Gasteiger partial charge in [-0.2, -0.15) is 0 Å². The van der Waals surface area contributed by atoms with Crippen molar-refractivity contribution >= 4 is 69.7 Å². The Kier molecular flexibility index (Phi) is 11.3. The molecule has 160 valence electrons. The molecule has 0 bridgehead atoms. The van der Waals surface area contributed by atoms with Crippen molar-refractivity contribution in [2.75, 3.05) is 62.2 Å². The molecule has 0 amide bonds. The maximum Gasteiger partial charge on any atom is 2.00 e. The predicted molar refractivity (Wildman–Crippen MR) is 140 cm³/mol. The molecule has 2 aromatic rings. The van der Waals surface area contributed by atoms with E-state index < -0.39 is 0 Å². The summed E-state index contributed by atoms with van der Waals surface area (Å²) in [6.07, 6.45) is 0. The second-order valence-electron chi connectivity index (χ2n) is 7.15. The summed E-state index contributed by atoms with van der Waals surface area (Å²) < 4.78 is 1.20. The fourth-order valence-corrected chi connectivity index (χ4v) is 4.30. The van der Waals surface area contributed by atoms with Gasteiger partial charge in [0.1, 0.15) is 0 Å². The molecule has 0 aromatic heterocycles. The number of hydrogen-bond acceptors (Lipinski definition) is 6. The summed E-state index contributed by atoms with van der Waals surface area (Å²) in [5, 5.41) is 0. The SMILES string of the molecule is S=C([S-])N1CCN(c2ccccc2)CC1.S=C([S-])N1CCN(c2ccccc2)CC1.[Zn+2]. The van der Waals surface area contributed by atoms with Gasteiger partial charge in [0, 0.05) is 63.7 Å². The molecule has 0 spiro atoms. The first-order valence-electron chi connectivity index (χ1n) is 10.1. The van der Waals surface area contributed by atoms with Crippen molar-refractivity contribution < 1.29 is 19.5 Å². The average molecular weight is 540 g/mol. The van der Waals surface area contributed by atoms with Crippen LogP contribution in [0.5, 0.6) is 0 Å². The minimum Gasteiger partial charge on any atom is -0.411 e. The van der Waals surface area contributed by atoms with Crippen LogP contribution in [0.3, 0.4) is 0 Å². The van der Waals surface area contributed by atoms with Crippen molar-refractivity contribution in [3.8, 4) is 0 Å². The van der Waals surface area contributed by atoms with E-state index in [1.165, 1.54) is 11.4 Å². The molecular formula is C22H26N4S4Zn. The third-order valence-electron chi connectivity index (χ3n) is 5.32. The number of nitrogens with zero attached hydrogens (tertiary/aromatic N) is 4. The predicted octanol–water partition coefficient (Wildman–Crippen LogP) is 3.28. The van der Waals surface area contributed by atoms with Gasteiger partial charge in [-0.3, -0.25) is 0 Å².